The number of nitrogens with one attached hydrogen (secondary N) is 1. The van der Waals surface area contributed by atoms with E-state index in [-0.39, 0.29) is 5.91 Å². The predicted molar refractivity (Wildman–Crippen MR) is 91.7 cm³/mol. The standard InChI is InChI=1S/C19H16N2O3/c1-23-17-4-2-3-5-18(17)24-16-8-6-15(7-9-16)21-19(22)14-10-12-20-13-11-14/h2-13H,1H3,(H,21,22). The molecule has 0 aliphatic heterocycles. The number of carbonyl (C=O) groups is 1. The third-order valence-corrected chi connectivity index (χ3v) is 3.35. The molecule has 1 N–H and O–H groups in total. The number of para-hydroxylation sites is 2. The molecule has 2 aromatic carbocycles. The number of nitrogens with zero attached hydrogens (tertiary/aromatic N) is 1. The molecule has 0 spiro atoms. The molecule has 0 fully saturated rings. The van der Waals surface area contributed by atoms with Crippen LogP contribution in [-0.2, 0) is 0 Å². The number of amides is 1. The lowest BCUT2D eigenvalue weighted by Crippen LogP contribution is -2.11. The Morgan fingerprint density at radius 1 is 0.917 bits per heavy atom. The zero-order valence-corrected chi connectivity index (χ0v) is 13.1. The first-order valence-corrected chi connectivity index (χ1v) is 7.38. The fourth-order valence-corrected chi connectivity index (χ4v) is 2.14. The van der Waals surface area contributed by atoms with Crippen LogP contribution in [-0.4, -0.2) is 18.0 Å². The van der Waals surface area contributed by atoms with Gasteiger partial charge in [0, 0.05) is 23.6 Å². The van der Waals surface area contributed by atoms with Crippen molar-refractivity contribution >= 4 is 11.6 Å². The van der Waals surface area contributed by atoms with Gasteiger partial charge in [0.1, 0.15) is 5.75 Å². The zero-order chi connectivity index (χ0) is 16.8. The molecule has 0 unspecified atom stereocenters. The Morgan fingerprint density at radius 3 is 2.25 bits per heavy atom. The van der Waals surface area contributed by atoms with Crippen LogP contribution in [0.1, 0.15) is 10.4 Å². The molecule has 3 aromatic rings. The number of aromatic nitrogens is 1. The van der Waals surface area contributed by atoms with Gasteiger partial charge in [-0.05, 0) is 48.5 Å². The van der Waals surface area contributed by atoms with Crippen LogP contribution in [0.5, 0.6) is 17.2 Å². The number of ether oxygens (including phenoxy) is 2. The number of carbonyl (C=O) groups excluding carboxylic acids is 1. The van der Waals surface area contributed by atoms with Crippen LogP contribution in [0.15, 0.2) is 73.1 Å². The largest absolute Gasteiger partial charge is 0.493 e. The summed E-state index contributed by atoms with van der Waals surface area (Å²) < 4.78 is 11.1. The van der Waals surface area contributed by atoms with Gasteiger partial charge in [0.15, 0.2) is 11.5 Å². The molecule has 5 nitrogen and oxygen atoms in total. The summed E-state index contributed by atoms with van der Waals surface area (Å²) >= 11 is 0. The Bertz CT molecular complexity index is 818. The highest BCUT2D eigenvalue weighted by atomic mass is 16.5. The second-order valence-corrected chi connectivity index (χ2v) is 4.97. The van der Waals surface area contributed by atoms with E-state index in [4.69, 9.17) is 9.47 Å². The van der Waals surface area contributed by atoms with Gasteiger partial charge in [-0.2, -0.15) is 0 Å². The van der Waals surface area contributed by atoms with E-state index in [0.29, 0.717) is 28.5 Å². The molecule has 0 aliphatic carbocycles. The Kier molecular flexibility index (Phi) is 4.72. The lowest BCUT2D eigenvalue weighted by Gasteiger charge is -2.10. The molecule has 3 rings (SSSR count). The SMILES string of the molecule is COc1ccccc1Oc1ccc(NC(=O)c2ccncc2)cc1. The van der Waals surface area contributed by atoms with Crippen molar-refractivity contribution in [1.29, 1.82) is 0 Å². The predicted octanol–water partition coefficient (Wildman–Crippen LogP) is 4.13. The van der Waals surface area contributed by atoms with Gasteiger partial charge in [0.2, 0.25) is 0 Å². The topological polar surface area (TPSA) is 60.5 Å². The average molecular weight is 320 g/mol. The highest BCUT2D eigenvalue weighted by molar-refractivity contribution is 6.04. The molecule has 5 heteroatoms. The number of anilines is 1. The molecule has 1 aromatic heterocycles. The highest BCUT2D eigenvalue weighted by Gasteiger charge is 2.07. The maximum absolute atomic E-state index is 12.1. The number of methoxy groups -OCH3 is 1. The molecule has 0 saturated carbocycles. The Balaban J connectivity index is 1.68. The van der Waals surface area contributed by atoms with Crippen molar-refractivity contribution in [2.75, 3.05) is 12.4 Å². The van der Waals surface area contributed by atoms with E-state index in [1.165, 1.54) is 0 Å². The van der Waals surface area contributed by atoms with E-state index < -0.39 is 0 Å². The van der Waals surface area contributed by atoms with Crippen molar-refractivity contribution in [3.63, 3.8) is 0 Å². The molecule has 0 saturated heterocycles. The van der Waals surface area contributed by atoms with E-state index in [0.717, 1.165) is 0 Å². The first kappa shape index (κ1) is 15.6. The molecule has 24 heavy (non-hydrogen) atoms. The number of pyridine rings is 1. The summed E-state index contributed by atoms with van der Waals surface area (Å²) in [6, 6.07) is 17.9. The van der Waals surface area contributed by atoms with Crippen molar-refractivity contribution in [3.8, 4) is 17.2 Å². The van der Waals surface area contributed by atoms with E-state index >= 15 is 0 Å². The van der Waals surface area contributed by atoms with Crippen molar-refractivity contribution in [2.45, 2.75) is 0 Å². The van der Waals surface area contributed by atoms with E-state index in [1.807, 2.05) is 24.3 Å². The summed E-state index contributed by atoms with van der Waals surface area (Å²) in [5.74, 6) is 1.76. The van der Waals surface area contributed by atoms with Gasteiger partial charge >= 0.3 is 0 Å². The summed E-state index contributed by atoms with van der Waals surface area (Å²) in [7, 11) is 1.60. The maximum Gasteiger partial charge on any atom is 0.255 e. The molecular formula is C19H16N2O3. The van der Waals surface area contributed by atoms with Crippen molar-refractivity contribution in [3.05, 3.63) is 78.6 Å². The Hall–Kier alpha value is -3.34. The molecular weight excluding hydrogens is 304 g/mol. The molecule has 0 bridgehead atoms. The monoisotopic (exact) mass is 320 g/mol. The molecule has 0 radical (unpaired) electrons. The van der Waals surface area contributed by atoms with Gasteiger partial charge in [-0.3, -0.25) is 9.78 Å². The van der Waals surface area contributed by atoms with Crippen molar-refractivity contribution in [1.82, 2.24) is 4.98 Å². The molecule has 0 atom stereocenters. The number of benzene rings is 2. The first-order valence-electron chi connectivity index (χ1n) is 7.38. The van der Waals surface area contributed by atoms with E-state index in [1.54, 1.807) is 55.9 Å². The molecule has 1 heterocycles. The van der Waals surface area contributed by atoms with Crippen molar-refractivity contribution < 1.29 is 14.3 Å². The Morgan fingerprint density at radius 2 is 1.58 bits per heavy atom. The van der Waals surface area contributed by atoms with Crippen molar-refractivity contribution in [2.24, 2.45) is 0 Å². The van der Waals surface area contributed by atoms with Crippen LogP contribution in [0.3, 0.4) is 0 Å². The first-order chi connectivity index (χ1) is 11.8. The van der Waals surface area contributed by atoms with Gasteiger partial charge in [-0.25, -0.2) is 0 Å². The highest BCUT2D eigenvalue weighted by Crippen LogP contribution is 2.31. The fourth-order valence-electron chi connectivity index (χ4n) is 2.14. The molecule has 0 aliphatic rings. The van der Waals surface area contributed by atoms with Gasteiger partial charge in [-0.15, -0.1) is 0 Å². The van der Waals surface area contributed by atoms with Crippen LogP contribution < -0.4 is 14.8 Å². The second kappa shape index (κ2) is 7.28. The summed E-state index contributed by atoms with van der Waals surface area (Å²) in [5.41, 5.74) is 1.24. The molecule has 1 amide bonds. The lowest BCUT2D eigenvalue weighted by molar-refractivity contribution is 0.102. The van der Waals surface area contributed by atoms with Gasteiger partial charge in [0.25, 0.3) is 5.91 Å². The second-order valence-electron chi connectivity index (χ2n) is 4.97. The third kappa shape index (κ3) is 3.70. The Labute approximate surface area is 139 Å². The van der Waals surface area contributed by atoms with Crippen LogP contribution in [0.25, 0.3) is 0 Å². The fraction of sp³-hybridized carbons (Fsp3) is 0.0526. The third-order valence-electron chi connectivity index (χ3n) is 3.35. The van der Waals surface area contributed by atoms with E-state index in [2.05, 4.69) is 10.3 Å². The number of rotatable bonds is 5. The number of hydrogen-bond donors (Lipinski definition) is 1. The maximum atomic E-state index is 12.1. The number of hydrogen-bond acceptors (Lipinski definition) is 4. The summed E-state index contributed by atoms with van der Waals surface area (Å²) in [5, 5.41) is 2.82. The van der Waals surface area contributed by atoms with Crippen LogP contribution >= 0.6 is 0 Å². The minimum atomic E-state index is -0.184. The van der Waals surface area contributed by atoms with Gasteiger partial charge in [0.05, 0.1) is 7.11 Å². The minimum absolute atomic E-state index is 0.184. The van der Waals surface area contributed by atoms with Crippen LogP contribution in [0, 0.1) is 0 Å². The van der Waals surface area contributed by atoms with Crippen LogP contribution in [0.4, 0.5) is 5.69 Å². The minimum Gasteiger partial charge on any atom is -0.493 e. The smallest absolute Gasteiger partial charge is 0.255 e. The quantitative estimate of drug-likeness (QED) is 0.767. The normalized spacial score (nSPS) is 10.0. The van der Waals surface area contributed by atoms with Crippen LogP contribution in [0.2, 0.25) is 0 Å². The van der Waals surface area contributed by atoms with Gasteiger partial charge in [-0.1, -0.05) is 12.1 Å². The summed E-state index contributed by atoms with van der Waals surface area (Å²) in [6.07, 6.45) is 3.16. The summed E-state index contributed by atoms with van der Waals surface area (Å²) in [6.45, 7) is 0. The van der Waals surface area contributed by atoms with Gasteiger partial charge < -0.3 is 14.8 Å². The lowest BCUT2D eigenvalue weighted by atomic mass is 10.2. The molecule has 120 valence electrons. The summed E-state index contributed by atoms with van der Waals surface area (Å²) in [4.78, 5) is 16.0. The average Bonchev–Trinajstić information content (AvgIpc) is 2.64. The zero-order valence-electron chi connectivity index (χ0n) is 13.1. The van der Waals surface area contributed by atoms with E-state index in [9.17, 15) is 4.79 Å².